The molecule has 0 heterocycles. The van der Waals surface area contributed by atoms with Crippen molar-refractivity contribution in [3.63, 3.8) is 0 Å². The molecule has 2 rings (SSSR count). The zero-order valence-electron chi connectivity index (χ0n) is 13.6. The molecule has 25 heavy (non-hydrogen) atoms. The lowest BCUT2D eigenvalue weighted by Gasteiger charge is -2.07. The maximum Gasteiger partial charge on any atom is 0.416 e. The topological polar surface area (TPSA) is 41.1 Å². The average molecular weight is 346 g/mol. The van der Waals surface area contributed by atoms with Crippen LogP contribution in [0.2, 0.25) is 0 Å². The second kappa shape index (κ2) is 8.25. The number of carbonyl (C=O) groups is 1. The van der Waals surface area contributed by atoms with Crippen LogP contribution in [0, 0.1) is 18.8 Å². The van der Waals surface area contributed by atoms with Gasteiger partial charge < -0.3 is 10.6 Å². The molecule has 0 spiro atoms. The molecule has 130 valence electrons. The number of hydrogen-bond acceptors (Lipinski definition) is 1. The maximum atomic E-state index is 12.6. The van der Waals surface area contributed by atoms with Gasteiger partial charge in [0.25, 0.3) is 0 Å². The molecule has 0 saturated carbocycles. The molecule has 6 heteroatoms. The van der Waals surface area contributed by atoms with Crippen LogP contribution in [0.3, 0.4) is 0 Å². The van der Waals surface area contributed by atoms with Gasteiger partial charge in [-0.25, -0.2) is 4.79 Å². The van der Waals surface area contributed by atoms with Crippen LogP contribution in [-0.2, 0) is 12.7 Å². The molecule has 0 aliphatic heterocycles. The molecule has 0 bridgehead atoms. The first-order valence-electron chi connectivity index (χ1n) is 7.58. The number of alkyl halides is 3. The molecule has 0 aromatic heterocycles. The summed E-state index contributed by atoms with van der Waals surface area (Å²) < 4.78 is 37.8. The lowest BCUT2D eigenvalue weighted by molar-refractivity contribution is -0.137. The van der Waals surface area contributed by atoms with Gasteiger partial charge in [-0.05, 0) is 36.2 Å². The zero-order chi connectivity index (χ0) is 18.3. The number of carbonyl (C=O) groups excluding carboxylic acids is 1. The lowest BCUT2D eigenvalue weighted by atomic mass is 10.1. The van der Waals surface area contributed by atoms with Crippen LogP contribution >= 0.6 is 0 Å². The SMILES string of the molecule is Cc1ccccc1CNC(=O)NCC#Cc1cccc(C(F)(F)F)c1. The lowest BCUT2D eigenvalue weighted by Crippen LogP contribution is -2.35. The average Bonchev–Trinajstić information content (AvgIpc) is 2.57. The molecule has 0 atom stereocenters. The Labute approximate surface area is 144 Å². The zero-order valence-corrected chi connectivity index (χ0v) is 13.6. The molecule has 0 aliphatic carbocycles. The van der Waals surface area contributed by atoms with Crippen LogP contribution in [0.25, 0.3) is 0 Å². The van der Waals surface area contributed by atoms with E-state index in [1.807, 2.05) is 31.2 Å². The van der Waals surface area contributed by atoms with Crippen molar-refractivity contribution in [3.05, 3.63) is 70.8 Å². The highest BCUT2D eigenvalue weighted by Crippen LogP contribution is 2.29. The summed E-state index contributed by atoms with van der Waals surface area (Å²) in [5.41, 5.74) is 1.58. The number of nitrogens with one attached hydrogen (secondary N) is 2. The van der Waals surface area contributed by atoms with Gasteiger partial charge >= 0.3 is 12.2 Å². The minimum absolute atomic E-state index is 0.0376. The molecule has 0 unspecified atom stereocenters. The van der Waals surface area contributed by atoms with E-state index in [0.29, 0.717) is 6.54 Å². The minimum Gasteiger partial charge on any atom is -0.334 e. The Kier molecular flexibility index (Phi) is 6.07. The van der Waals surface area contributed by atoms with E-state index in [-0.39, 0.29) is 18.1 Å². The number of benzene rings is 2. The highest BCUT2D eigenvalue weighted by Gasteiger charge is 2.30. The number of urea groups is 1. The van der Waals surface area contributed by atoms with Crippen molar-refractivity contribution in [2.45, 2.75) is 19.6 Å². The van der Waals surface area contributed by atoms with E-state index in [2.05, 4.69) is 22.5 Å². The Hall–Kier alpha value is -2.94. The first kappa shape index (κ1) is 18.4. The third-order valence-corrected chi connectivity index (χ3v) is 3.46. The fourth-order valence-electron chi connectivity index (χ4n) is 2.09. The molecular weight excluding hydrogens is 329 g/mol. The molecule has 0 radical (unpaired) electrons. The van der Waals surface area contributed by atoms with Crippen molar-refractivity contribution < 1.29 is 18.0 Å². The third-order valence-electron chi connectivity index (χ3n) is 3.46. The van der Waals surface area contributed by atoms with Crippen molar-refractivity contribution in [2.75, 3.05) is 6.54 Å². The summed E-state index contributed by atoms with van der Waals surface area (Å²) in [4.78, 5) is 11.7. The summed E-state index contributed by atoms with van der Waals surface area (Å²) >= 11 is 0. The van der Waals surface area contributed by atoms with Crippen molar-refractivity contribution in [3.8, 4) is 11.8 Å². The summed E-state index contributed by atoms with van der Waals surface area (Å²) in [5.74, 6) is 5.23. The third kappa shape index (κ3) is 5.88. The highest BCUT2D eigenvalue weighted by molar-refractivity contribution is 5.74. The van der Waals surface area contributed by atoms with E-state index in [9.17, 15) is 18.0 Å². The monoisotopic (exact) mass is 346 g/mol. The summed E-state index contributed by atoms with van der Waals surface area (Å²) in [5, 5.41) is 5.24. The van der Waals surface area contributed by atoms with Crippen LogP contribution in [0.5, 0.6) is 0 Å². The van der Waals surface area contributed by atoms with Crippen molar-refractivity contribution in [1.29, 1.82) is 0 Å². The van der Waals surface area contributed by atoms with Gasteiger partial charge in [-0.15, -0.1) is 0 Å². The summed E-state index contributed by atoms with van der Waals surface area (Å²) in [6.07, 6.45) is -4.40. The van der Waals surface area contributed by atoms with Gasteiger partial charge in [-0.1, -0.05) is 42.2 Å². The van der Waals surface area contributed by atoms with Crippen molar-refractivity contribution in [2.24, 2.45) is 0 Å². The Bertz CT molecular complexity index is 804. The van der Waals surface area contributed by atoms with Gasteiger partial charge in [0.2, 0.25) is 0 Å². The van der Waals surface area contributed by atoms with Crippen LogP contribution in [0.1, 0.15) is 22.3 Å². The predicted molar refractivity (Wildman–Crippen MR) is 89.7 cm³/mol. The first-order chi connectivity index (χ1) is 11.9. The summed E-state index contributed by atoms with van der Waals surface area (Å²) in [7, 11) is 0. The Morgan fingerprint density at radius 1 is 1.08 bits per heavy atom. The van der Waals surface area contributed by atoms with Gasteiger partial charge in [0.15, 0.2) is 0 Å². The fraction of sp³-hybridized carbons (Fsp3) is 0.211. The highest BCUT2D eigenvalue weighted by atomic mass is 19.4. The quantitative estimate of drug-likeness (QED) is 0.814. The van der Waals surface area contributed by atoms with Gasteiger partial charge in [0.1, 0.15) is 0 Å². The molecule has 2 N–H and O–H groups in total. The normalized spacial score (nSPS) is 10.6. The fourth-order valence-corrected chi connectivity index (χ4v) is 2.09. The van der Waals surface area contributed by atoms with E-state index in [1.165, 1.54) is 12.1 Å². The molecule has 2 aromatic rings. The molecular formula is C19H17F3N2O. The van der Waals surface area contributed by atoms with E-state index in [4.69, 9.17) is 0 Å². The smallest absolute Gasteiger partial charge is 0.334 e. The second-order valence-corrected chi connectivity index (χ2v) is 5.34. The molecule has 2 amide bonds. The van der Waals surface area contributed by atoms with E-state index < -0.39 is 11.7 Å². The number of hydrogen-bond donors (Lipinski definition) is 2. The molecule has 3 nitrogen and oxygen atoms in total. The number of halogens is 3. The van der Waals surface area contributed by atoms with Gasteiger partial charge in [-0.3, -0.25) is 0 Å². The summed E-state index contributed by atoms with van der Waals surface area (Å²) in [6, 6.07) is 12.0. The second-order valence-electron chi connectivity index (χ2n) is 5.34. The van der Waals surface area contributed by atoms with Crippen molar-refractivity contribution >= 4 is 6.03 Å². The largest absolute Gasteiger partial charge is 0.416 e. The van der Waals surface area contributed by atoms with Gasteiger partial charge in [0.05, 0.1) is 12.1 Å². The van der Waals surface area contributed by atoms with Crippen LogP contribution in [0.15, 0.2) is 48.5 Å². The van der Waals surface area contributed by atoms with Crippen LogP contribution < -0.4 is 10.6 Å². The first-order valence-corrected chi connectivity index (χ1v) is 7.58. The minimum atomic E-state index is -4.40. The standard InChI is InChI=1S/C19H17F3N2O/c1-14-6-2-3-9-16(14)13-24-18(25)23-11-5-8-15-7-4-10-17(12-15)19(20,21)22/h2-4,6-7,9-10,12H,11,13H2,1H3,(H2,23,24,25). The molecule has 0 saturated heterocycles. The van der Waals surface area contributed by atoms with Crippen LogP contribution in [-0.4, -0.2) is 12.6 Å². The predicted octanol–water partition coefficient (Wildman–Crippen LogP) is 3.86. The van der Waals surface area contributed by atoms with Gasteiger partial charge in [-0.2, -0.15) is 13.2 Å². The van der Waals surface area contributed by atoms with Crippen molar-refractivity contribution in [1.82, 2.24) is 10.6 Å². The number of rotatable bonds is 3. The maximum absolute atomic E-state index is 12.6. The Morgan fingerprint density at radius 2 is 1.84 bits per heavy atom. The molecule has 0 fully saturated rings. The summed E-state index contributed by atoms with van der Waals surface area (Å²) in [6.45, 7) is 2.38. The van der Waals surface area contributed by atoms with Crippen LogP contribution in [0.4, 0.5) is 18.0 Å². The van der Waals surface area contributed by atoms with E-state index in [0.717, 1.165) is 23.3 Å². The Balaban J connectivity index is 1.82. The van der Waals surface area contributed by atoms with E-state index in [1.54, 1.807) is 0 Å². The number of aryl methyl sites for hydroxylation is 1. The number of amides is 2. The molecule has 2 aromatic carbocycles. The van der Waals surface area contributed by atoms with E-state index >= 15 is 0 Å². The molecule has 0 aliphatic rings. The Morgan fingerprint density at radius 3 is 2.56 bits per heavy atom. The van der Waals surface area contributed by atoms with Gasteiger partial charge in [0, 0.05) is 12.1 Å².